The predicted octanol–water partition coefficient (Wildman–Crippen LogP) is 2.72. The van der Waals surface area contributed by atoms with Crippen molar-refractivity contribution < 1.29 is 17.6 Å². The van der Waals surface area contributed by atoms with E-state index in [4.69, 9.17) is 4.42 Å². The quantitative estimate of drug-likeness (QED) is 0.661. The third kappa shape index (κ3) is 2.72. The summed E-state index contributed by atoms with van der Waals surface area (Å²) in [4.78, 5) is 14.2. The van der Waals surface area contributed by atoms with E-state index in [1.54, 1.807) is 12.1 Å². The van der Waals surface area contributed by atoms with Crippen LogP contribution in [0.1, 0.15) is 17.5 Å². The van der Waals surface area contributed by atoms with Crippen molar-refractivity contribution in [2.75, 3.05) is 33.2 Å². The van der Waals surface area contributed by atoms with Gasteiger partial charge in [0.25, 0.3) is 0 Å². The van der Waals surface area contributed by atoms with E-state index in [0.29, 0.717) is 37.1 Å². The Hall–Kier alpha value is -2.22. The van der Waals surface area contributed by atoms with E-state index in [1.807, 2.05) is 31.3 Å². The highest BCUT2D eigenvalue weighted by Gasteiger charge is 2.35. The van der Waals surface area contributed by atoms with Crippen LogP contribution in [-0.4, -0.2) is 56.6 Å². The van der Waals surface area contributed by atoms with Crippen LogP contribution in [0.2, 0.25) is 0 Å². The number of hydrogen-bond donors (Lipinski definition) is 0. The predicted molar refractivity (Wildman–Crippen MR) is 100.0 cm³/mol. The zero-order valence-electron chi connectivity index (χ0n) is 14.7. The van der Waals surface area contributed by atoms with Gasteiger partial charge in [0.2, 0.25) is 10.0 Å². The van der Waals surface area contributed by atoms with E-state index < -0.39 is 15.8 Å². The van der Waals surface area contributed by atoms with E-state index in [2.05, 4.69) is 4.90 Å². The molecule has 2 heterocycles. The Morgan fingerprint density at radius 2 is 1.65 bits per heavy atom. The molecule has 1 saturated heterocycles. The summed E-state index contributed by atoms with van der Waals surface area (Å²) in [5, 5.41) is 2.31. The SMILES string of the molecule is CC(=O)c1oc2cc3ccccc3cc2c1S(=O)(=O)N1CCN(C)CC1. The maximum atomic E-state index is 13.3. The van der Waals surface area contributed by atoms with E-state index in [0.717, 1.165) is 10.8 Å². The zero-order chi connectivity index (χ0) is 18.5. The van der Waals surface area contributed by atoms with Crippen LogP contribution in [0.25, 0.3) is 21.7 Å². The third-order valence-electron chi connectivity index (χ3n) is 4.89. The summed E-state index contributed by atoms with van der Waals surface area (Å²) in [7, 11) is -1.86. The molecule has 0 bridgehead atoms. The number of carbonyl (C=O) groups excluding carboxylic acids is 1. The van der Waals surface area contributed by atoms with Gasteiger partial charge in [-0.05, 0) is 30.0 Å². The van der Waals surface area contributed by atoms with Crippen LogP contribution < -0.4 is 0 Å². The Balaban J connectivity index is 1.96. The lowest BCUT2D eigenvalue weighted by atomic mass is 10.1. The van der Waals surface area contributed by atoms with Crippen molar-refractivity contribution in [3.05, 3.63) is 42.2 Å². The molecule has 0 spiro atoms. The number of likely N-dealkylation sites (N-methyl/N-ethyl adjacent to an activating group) is 1. The molecule has 0 amide bonds. The van der Waals surface area contributed by atoms with Crippen LogP contribution in [0.5, 0.6) is 0 Å². The molecule has 3 aromatic rings. The molecule has 6 nitrogen and oxygen atoms in total. The molecular formula is C19H20N2O4S. The lowest BCUT2D eigenvalue weighted by Gasteiger charge is -2.31. The van der Waals surface area contributed by atoms with Gasteiger partial charge in [-0.15, -0.1) is 0 Å². The Morgan fingerprint density at radius 3 is 2.27 bits per heavy atom. The summed E-state index contributed by atoms with van der Waals surface area (Å²) in [6, 6.07) is 11.2. The maximum Gasteiger partial charge on any atom is 0.247 e. The fraction of sp³-hybridized carbons (Fsp3) is 0.316. The van der Waals surface area contributed by atoms with Crippen LogP contribution >= 0.6 is 0 Å². The summed E-state index contributed by atoms with van der Waals surface area (Å²) in [6.45, 7) is 3.45. The van der Waals surface area contributed by atoms with E-state index >= 15 is 0 Å². The molecule has 2 aromatic carbocycles. The van der Waals surface area contributed by atoms with Gasteiger partial charge >= 0.3 is 0 Å². The van der Waals surface area contributed by atoms with E-state index in [9.17, 15) is 13.2 Å². The van der Waals surface area contributed by atoms with E-state index in [-0.39, 0.29) is 10.7 Å². The van der Waals surface area contributed by atoms with Gasteiger partial charge in [-0.3, -0.25) is 4.79 Å². The van der Waals surface area contributed by atoms with Gasteiger partial charge in [0.1, 0.15) is 10.5 Å². The largest absolute Gasteiger partial charge is 0.451 e. The number of ketones is 1. The number of rotatable bonds is 3. The second kappa shape index (κ2) is 6.19. The molecule has 0 atom stereocenters. The highest BCUT2D eigenvalue weighted by atomic mass is 32.2. The fourth-order valence-corrected chi connectivity index (χ4v) is 5.16. The number of Topliss-reactive ketones (excluding diaryl/α,β-unsaturated/α-hetero) is 1. The Morgan fingerprint density at radius 1 is 1.04 bits per heavy atom. The summed E-state index contributed by atoms with van der Waals surface area (Å²) in [5.74, 6) is -0.479. The van der Waals surface area contributed by atoms with Crippen LogP contribution in [0.15, 0.2) is 45.7 Å². The van der Waals surface area contributed by atoms with Crippen molar-refractivity contribution in [2.24, 2.45) is 0 Å². The van der Waals surface area contributed by atoms with Gasteiger partial charge in [0.05, 0.1) is 0 Å². The first-order valence-corrected chi connectivity index (χ1v) is 9.97. The second-order valence-corrected chi connectivity index (χ2v) is 8.59. The third-order valence-corrected chi connectivity index (χ3v) is 6.86. The number of piperazine rings is 1. The Labute approximate surface area is 152 Å². The van der Waals surface area contributed by atoms with Gasteiger partial charge in [0, 0.05) is 38.5 Å². The minimum absolute atomic E-state index is 0.00435. The lowest BCUT2D eigenvalue weighted by Crippen LogP contribution is -2.47. The minimum Gasteiger partial charge on any atom is -0.451 e. The first-order chi connectivity index (χ1) is 12.4. The summed E-state index contributed by atoms with van der Waals surface area (Å²) in [6.07, 6.45) is 0. The van der Waals surface area contributed by atoms with Crippen molar-refractivity contribution in [3.8, 4) is 0 Å². The number of fused-ring (bicyclic) bond motifs is 2. The molecule has 0 saturated carbocycles. The van der Waals surface area contributed by atoms with Crippen molar-refractivity contribution >= 4 is 37.5 Å². The van der Waals surface area contributed by atoms with Crippen LogP contribution in [0.3, 0.4) is 0 Å². The second-order valence-electron chi connectivity index (χ2n) is 6.72. The van der Waals surface area contributed by atoms with Crippen LogP contribution in [0.4, 0.5) is 0 Å². The van der Waals surface area contributed by atoms with Crippen molar-refractivity contribution in [1.29, 1.82) is 0 Å². The van der Waals surface area contributed by atoms with E-state index in [1.165, 1.54) is 11.2 Å². The molecule has 1 aliphatic rings. The molecule has 4 rings (SSSR count). The van der Waals surface area contributed by atoms with Crippen molar-refractivity contribution in [2.45, 2.75) is 11.8 Å². The van der Waals surface area contributed by atoms with Crippen molar-refractivity contribution in [1.82, 2.24) is 9.21 Å². The lowest BCUT2D eigenvalue weighted by molar-refractivity contribution is 0.0984. The first-order valence-electron chi connectivity index (χ1n) is 8.53. The highest BCUT2D eigenvalue weighted by Crippen LogP contribution is 2.35. The smallest absolute Gasteiger partial charge is 0.247 e. The van der Waals surface area contributed by atoms with Gasteiger partial charge in [-0.2, -0.15) is 4.31 Å². The van der Waals surface area contributed by atoms with Gasteiger partial charge in [-0.1, -0.05) is 24.3 Å². The summed E-state index contributed by atoms with van der Waals surface area (Å²) < 4.78 is 33.8. The molecular weight excluding hydrogens is 352 g/mol. The molecule has 0 unspecified atom stereocenters. The summed E-state index contributed by atoms with van der Waals surface area (Å²) in [5.41, 5.74) is 0.418. The number of hydrogen-bond acceptors (Lipinski definition) is 5. The molecule has 7 heteroatoms. The highest BCUT2D eigenvalue weighted by molar-refractivity contribution is 7.89. The van der Waals surface area contributed by atoms with Gasteiger partial charge in [-0.25, -0.2) is 8.42 Å². The molecule has 0 N–H and O–H groups in total. The van der Waals surface area contributed by atoms with Crippen LogP contribution in [0, 0.1) is 0 Å². The number of benzene rings is 2. The molecule has 1 fully saturated rings. The standard InChI is InChI=1S/C19H20N2O4S/c1-13(22)18-19(26(23,24)21-9-7-20(2)8-10-21)16-11-14-5-3-4-6-15(14)12-17(16)25-18/h3-6,11-12H,7-10H2,1-2H3. The number of sulfonamides is 1. The monoisotopic (exact) mass is 372 g/mol. The fourth-order valence-electron chi connectivity index (χ4n) is 3.41. The number of carbonyl (C=O) groups is 1. The van der Waals surface area contributed by atoms with Gasteiger partial charge in [0.15, 0.2) is 11.5 Å². The average molecular weight is 372 g/mol. The van der Waals surface area contributed by atoms with Crippen LogP contribution in [-0.2, 0) is 10.0 Å². The normalized spacial score (nSPS) is 17.2. The number of nitrogens with zero attached hydrogens (tertiary/aromatic N) is 2. The maximum absolute atomic E-state index is 13.3. The topological polar surface area (TPSA) is 70.8 Å². The Bertz CT molecular complexity index is 1110. The molecule has 26 heavy (non-hydrogen) atoms. The summed E-state index contributed by atoms with van der Waals surface area (Å²) >= 11 is 0. The zero-order valence-corrected chi connectivity index (χ0v) is 15.5. The molecule has 1 aromatic heterocycles. The molecule has 0 radical (unpaired) electrons. The van der Waals surface area contributed by atoms with Gasteiger partial charge < -0.3 is 9.32 Å². The molecule has 1 aliphatic heterocycles. The minimum atomic E-state index is -3.82. The average Bonchev–Trinajstić information content (AvgIpc) is 2.99. The molecule has 136 valence electrons. The Kier molecular flexibility index (Phi) is 4.10. The molecule has 0 aliphatic carbocycles. The number of furan rings is 1. The first kappa shape index (κ1) is 17.2. The van der Waals surface area contributed by atoms with Crippen molar-refractivity contribution in [3.63, 3.8) is 0 Å².